The Balaban J connectivity index is 1.31. The molecule has 1 aliphatic rings. The summed E-state index contributed by atoms with van der Waals surface area (Å²) in [7, 11) is 1.40. The summed E-state index contributed by atoms with van der Waals surface area (Å²) in [5.41, 5.74) is 6.67. The second kappa shape index (κ2) is 9.09. The number of nitrogens with zero attached hydrogens (tertiary/aromatic N) is 2. The van der Waals surface area contributed by atoms with Gasteiger partial charge < -0.3 is 15.0 Å². The van der Waals surface area contributed by atoms with E-state index in [0.29, 0.717) is 5.56 Å². The summed E-state index contributed by atoms with van der Waals surface area (Å²) < 4.78 is 4.80. The number of esters is 1. The lowest BCUT2D eigenvalue weighted by atomic mass is 10.00. The van der Waals surface area contributed by atoms with Crippen LogP contribution < -0.4 is 10.2 Å². The molecule has 0 amide bonds. The van der Waals surface area contributed by atoms with Crippen molar-refractivity contribution in [3.63, 3.8) is 0 Å². The number of hydrogen-bond acceptors (Lipinski definition) is 5. The highest BCUT2D eigenvalue weighted by Gasteiger charge is 2.16. The van der Waals surface area contributed by atoms with Gasteiger partial charge in [0.05, 0.1) is 12.7 Å². The molecule has 2 aromatic carbocycles. The van der Waals surface area contributed by atoms with E-state index in [1.165, 1.54) is 18.2 Å². The van der Waals surface area contributed by atoms with Crippen molar-refractivity contribution in [1.82, 2.24) is 10.3 Å². The second-order valence-corrected chi connectivity index (χ2v) is 7.71. The van der Waals surface area contributed by atoms with E-state index in [9.17, 15) is 4.79 Å². The molecule has 0 saturated heterocycles. The van der Waals surface area contributed by atoms with Gasteiger partial charge in [-0.3, -0.25) is 0 Å². The fraction of sp³-hybridized carbons (Fsp3) is 0.280. The minimum absolute atomic E-state index is 0.296. The summed E-state index contributed by atoms with van der Waals surface area (Å²) in [5.74, 6) is 0.734. The molecule has 0 fully saturated rings. The Morgan fingerprint density at radius 1 is 1.07 bits per heavy atom. The molecule has 2 heterocycles. The smallest absolute Gasteiger partial charge is 0.338 e. The zero-order valence-electron chi connectivity index (χ0n) is 17.5. The standard InChI is InChI=1S/C25H27N3O2/c1-18-13-19(7-9-23(18)25(29)30-2)14-26-15-20-8-10-24(27-16-20)28-12-11-21-5-3-4-6-22(21)17-28/h3-10,13,16,26H,11-12,14-15,17H2,1-2H3. The number of nitrogens with one attached hydrogen (secondary N) is 1. The lowest BCUT2D eigenvalue weighted by molar-refractivity contribution is 0.0600. The van der Waals surface area contributed by atoms with Crippen LogP contribution >= 0.6 is 0 Å². The van der Waals surface area contributed by atoms with E-state index in [-0.39, 0.29) is 5.97 Å². The summed E-state index contributed by atoms with van der Waals surface area (Å²) in [5, 5.41) is 3.45. The van der Waals surface area contributed by atoms with Crippen LogP contribution in [0, 0.1) is 6.92 Å². The maximum atomic E-state index is 11.7. The van der Waals surface area contributed by atoms with Gasteiger partial charge in [-0.15, -0.1) is 0 Å². The number of pyridine rings is 1. The number of methoxy groups -OCH3 is 1. The molecule has 3 aromatic rings. The molecule has 0 unspecified atom stereocenters. The predicted molar refractivity (Wildman–Crippen MR) is 118 cm³/mol. The SMILES string of the molecule is COC(=O)c1ccc(CNCc2ccc(N3CCc4ccccc4C3)nc2)cc1C. The van der Waals surface area contributed by atoms with Gasteiger partial charge in [0.2, 0.25) is 0 Å². The van der Waals surface area contributed by atoms with E-state index in [0.717, 1.165) is 55.1 Å². The normalized spacial score (nSPS) is 13.1. The second-order valence-electron chi connectivity index (χ2n) is 7.71. The van der Waals surface area contributed by atoms with Crippen molar-refractivity contribution in [3.8, 4) is 0 Å². The van der Waals surface area contributed by atoms with Gasteiger partial charge in [0.25, 0.3) is 0 Å². The molecule has 1 aliphatic heterocycles. The molecule has 154 valence electrons. The summed E-state index contributed by atoms with van der Waals surface area (Å²) in [4.78, 5) is 18.7. The van der Waals surface area contributed by atoms with E-state index in [2.05, 4.69) is 51.6 Å². The Kier molecular flexibility index (Phi) is 6.10. The van der Waals surface area contributed by atoms with Gasteiger partial charge >= 0.3 is 5.97 Å². The third-order valence-corrected chi connectivity index (χ3v) is 5.62. The third kappa shape index (κ3) is 4.52. The molecule has 0 spiro atoms. The van der Waals surface area contributed by atoms with Crippen LogP contribution in [0.1, 0.15) is 38.2 Å². The number of benzene rings is 2. The number of fused-ring (bicyclic) bond motifs is 1. The predicted octanol–water partition coefficient (Wildman–Crippen LogP) is 4.03. The van der Waals surface area contributed by atoms with Crippen LogP contribution in [0.3, 0.4) is 0 Å². The number of hydrogen-bond donors (Lipinski definition) is 1. The van der Waals surface area contributed by atoms with E-state index < -0.39 is 0 Å². The number of carbonyl (C=O) groups is 1. The Morgan fingerprint density at radius 3 is 2.57 bits per heavy atom. The van der Waals surface area contributed by atoms with E-state index in [1.54, 1.807) is 0 Å². The first-order valence-corrected chi connectivity index (χ1v) is 10.3. The highest BCUT2D eigenvalue weighted by Crippen LogP contribution is 2.23. The number of aromatic nitrogens is 1. The number of anilines is 1. The first-order valence-electron chi connectivity index (χ1n) is 10.3. The van der Waals surface area contributed by atoms with E-state index in [4.69, 9.17) is 4.74 Å². The molecule has 5 nitrogen and oxygen atoms in total. The highest BCUT2D eigenvalue weighted by atomic mass is 16.5. The number of ether oxygens (including phenoxy) is 1. The number of aryl methyl sites for hydroxylation is 1. The lowest BCUT2D eigenvalue weighted by Gasteiger charge is -2.29. The zero-order chi connectivity index (χ0) is 20.9. The quantitative estimate of drug-likeness (QED) is 0.632. The molecule has 4 rings (SSSR count). The van der Waals surface area contributed by atoms with E-state index in [1.807, 2.05) is 31.3 Å². The molecule has 0 saturated carbocycles. The van der Waals surface area contributed by atoms with Gasteiger partial charge in [-0.1, -0.05) is 42.5 Å². The van der Waals surface area contributed by atoms with Gasteiger partial charge in [0.1, 0.15) is 5.82 Å². The van der Waals surface area contributed by atoms with Crippen molar-refractivity contribution >= 4 is 11.8 Å². The van der Waals surface area contributed by atoms with Crippen LogP contribution in [0.4, 0.5) is 5.82 Å². The number of rotatable bonds is 6. The monoisotopic (exact) mass is 401 g/mol. The molecular weight excluding hydrogens is 374 g/mol. The van der Waals surface area contributed by atoms with Crippen molar-refractivity contribution in [3.05, 3.63) is 94.2 Å². The summed E-state index contributed by atoms with van der Waals surface area (Å²) in [6, 6.07) is 18.7. The maximum Gasteiger partial charge on any atom is 0.338 e. The maximum absolute atomic E-state index is 11.7. The molecule has 0 atom stereocenters. The minimum Gasteiger partial charge on any atom is -0.465 e. The fourth-order valence-electron chi connectivity index (χ4n) is 3.93. The molecule has 1 aromatic heterocycles. The van der Waals surface area contributed by atoms with Crippen LogP contribution in [0.25, 0.3) is 0 Å². The molecule has 1 N–H and O–H groups in total. The van der Waals surface area contributed by atoms with E-state index >= 15 is 0 Å². The van der Waals surface area contributed by atoms with Crippen molar-refractivity contribution in [2.75, 3.05) is 18.6 Å². The zero-order valence-corrected chi connectivity index (χ0v) is 17.5. The van der Waals surface area contributed by atoms with Crippen LogP contribution in [-0.4, -0.2) is 24.6 Å². The first kappa shape index (κ1) is 20.1. The summed E-state index contributed by atoms with van der Waals surface area (Å²) in [6.07, 6.45) is 3.02. The van der Waals surface area contributed by atoms with Crippen molar-refractivity contribution < 1.29 is 9.53 Å². The Morgan fingerprint density at radius 2 is 1.83 bits per heavy atom. The average Bonchev–Trinajstić information content (AvgIpc) is 2.79. The molecule has 0 bridgehead atoms. The molecule has 5 heteroatoms. The third-order valence-electron chi connectivity index (χ3n) is 5.62. The minimum atomic E-state index is -0.296. The van der Waals surface area contributed by atoms with Gasteiger partial charge in [0, 0.05) is 32.4 Å². The van der Waals surface area contributed by atoms with Crippen LogP contribution in [0.2, 0.25) is 0 Å². The van der Waals surface area contributed by atoms with Crippen LogP contribution in [0.5, 0.6) is 0 Å². The topological polar surface area (TPSA) is 54.5 Å². The van der Waals surface area contributed by atoms with Crippen molar-refractivity contribution in [2.45, 2.75) is 33.0 Å². The molecule has 0 radical (unpaired) electrons. The largest absolute Gasteiger partial charge is 0.465 e. The lowest BCUT2D eigenvalue weighted by Crippen LogP contribution is -2.30. The van der Waals surface area contributed by atoms with Gasteiger partial charge in [0.15, 0.2) is 0 Å². The van der Waals surface area contributed by atoms with Crippen LogP contribution in [-0.2, 0) is 30.8 Å². The van der Waals surface area contributed by atoms with Gasteiger partial charge in [-0.25, -0.2) is 9.78 Å². The molecular formula is C25H27N3O2. The highest BCUT2D eigenvalue weighted by molar-refractivity contribution is 5.90. The van der Waals surface area contributed by atoms with Crippen molar-refractivity contribution in [2.24, 2.45) is 0 Å². The first-order chi connectivity index (χ1) is 14.6. The molecule has 30 heavy (non-hydrogen) atoms. The van der Waals surface area contributed by atoms with Gasteiger partial charge in [-0.05, 0) is 53.3 Å². The molecule has 0 aliphatic carbocycles. The Labute approximate surface area is 177 Å². The number of carbonyl (C=O) groups excluding carboxylic acids is 1. The van der Waals surface area contributed by atoms with Crippen LogP contribution in [0.15, 0.2) is 60.8 Å². The summed E-state index contributed by atoms with van der Waals surface area (Å²) in [6.45, 7) is 5.32. The van der Waals surface area contributed by atoms with Crippen molar-refractivity contribution in [1.29, 1.82) is 0 Å². The fourth-order valence-corrected chi connectivity index (χ4v) is 3.93. The summed E-state index contributed by atoms with van der Waals surface area (Å²) >= 11 is 0. The Bertz CT molecular complexity index is 1030. The average molecular weight is 402 g/mol. The Hall–Kier alpha value is -3.18. The van der Waals surface area contributed by atoms with Gasteiger partial charge in [-0.2, -0.15) is 0 Å².